The van der Waals surface area contributed by atoms with Gasteiger partial charge in [0.25, 0.3) is 5.69 Å². The molecule has 0 unspecified atom stereocenters. The van der Waals surface area contributed by atoms with Gasteiger partial charge in [-0.25, -0.2) is 9.78 Å². The van der Waals surface area contributed by atoms with Crippen LogP contribution < -0.4 is 0 Å². The summed E-state index contributed by atoms with van der Waals surface area (Å²) in [6, 6.07) is 4.25. The van der Waals surface area contributed by atoms with Crippen molar-refractivity contribution >= 4 is 44.1 Å². The highest BCUT2D eigenvalue weighted by molar-refractivity contribution is 7.87. The number of carbonyl (C=O) groups is 1. The molecule has 1 fully saturated rings. The zero-order valence-corrected chi connectivity index (χ0v) is 17.0. The second-order valence-corrected chi connectivity index (χ2v) is 10.1. The van der Waals surface area contributed by atoms with Crippen molar-refractivity contribution in [2.45, 2.75) is 49.6 Å². The van der Waals surface area contributed by atoms with Gasteiger partial charge in [-0.3, -0.25) is 14.3 Å². The molecule has 2 atom stereocenters. The summed E-state index contributed by atoms with van der Waals surface area (Å²) in [7, 11) is -1.40. The van der Waals surface area contributed by atoms with Gasteiger partial charge in [0.05, 0.1) is 31.7 Å². The predicted molar refractivity (Wildman–Crippen MR) is 104 cm³/mol. The predicted octanol–water partition coefficient (Wildman–Crippen LogP) is 3.71. The van der Waals surface area contributed by atoms with E-state index in [4.69, 9.17) is 4.74 Å². The second-order valence-electron chi connectivity index (χ2n) is 7.37. The molecule has 0 spiro atoms. The Balaban J connectivity index is 1.73. The number of ether oxygens (including phenoxy) is 1. The number of hydrogen-bond acceptors (Lipinski definition) is 7. The van der Waals surface area contributed by atoms with Crippen LogP contribution in [0.15, 0.2) is 22.5 Å². The lowest BCUT2D eigenvalue weighted by Gasteiger charge is -2.28. The van der Waals surface area contributed by atoms with Crippen molar-refractivity contribution < 1.29 is 18.7 Å². The molecule has 2 aromatic rings. The van der Waals surface area contributed by atoms with Crippen molar-refractivity contribution in [1.82, 2.24) is 9.88 Å². The molecule has 1 amide bonds. The van der Waals surface area contributed by atoms with Gasteiger partial charge in [-0.1, -0.05) is 0 Å². The van der Waals surface area contributed by atoms with E-state index >= 15 is 0 Å². The maximum atomic E-state index is 12.8. The molecule has 0 aliphatic carbocycles. The van der Waals surface area contributed by atoms with Gasteiger partial charge in [0.2, 0.25) is 0 Å². The quantitative estimate of drug-likeness (QED) is 0.561. The van der Waals surface area contributed by atoms with E-state index in [0.29, 0.717) is 16.4 Å². The summed E-state index contributed by atoms with van der Waals surface area (Å²) in [5, 5.41) is 10.9. The zero-order chi connectivity index (χ0) is 19.8. The largest absolute Gasteiger partial charge is 0.444 e. The number of hydrogen-bond donors (Lipinski definition) is 0. The Morgan fingerprint density at radius 3 is 2.89 bits per heavy atom. The van der Waals surface area contributed by atoms with Crippen LogP contribution in [0.25, 0.3) is 10.2 Å². The van der Waals surface area contributed by atoms with Crippen molar-refractivity contribution in [1.29, 1.82) is 0 Å². The maximum absolute atomic E-state index is 12.8. The smallest absolute Gasteiger partial charge is 0.410 e. The highest BCUT2D eigenvalue weighted by Crippen LogP contribution is 2.29. The Morgan fingerprint density at radius 2 is 2.22 bits per heavy atom. The van der Waals surface area contributed by atoms with Crippen LogP contribution in [0, 0.1) is 10.1 Å². The van der Waals surface area contributed by atoms with E-state index in [1.165, 1.54) is 23.5 Å². The summed E-state index contributed by atoms with van der Waals surface area (Å²) in [6.45, 7) is 6.03. The molecule has 1 aliphatic heterocycles. The number of nitro benzene ring substituents is 1. The molecule has 146 valence electrons. The van der Waals surface area contributed by atoms with Gasteiger partial charge in [-0.2, -0.15) is 0 Å². The summed E-state index contributed by atoms with van der Waals surface area (Å²) in [5.74, 6) is 0.279. The van der Waals surface area contributed by atoms with Crippen LogP contribution in [0.4, 0.5) is 10.5 Å². The van der Waals surface area contributed by atoms with Crippen molar-refractivity contribution in [3.8, 4) is 0 Å². The van der Waals surface area contributed by atoms with Gasteiger partial charge in [0.1, 0.15) is 5.60 Å². The number of aromatic nitrogens is 1. The maximum Gasteiger partial charge on any atom is 0.410 e. The van der Waals surface area contributed by atoms with Gasteiger partial charge >= 0.3 is 6.09 Å². The van der Waals surface area contributed by atoms with Crippen LogP contribution in [-0.2, 0) is 15.5 Å². The SMILES string of the molecule is CC(C)(C)OC(=O)N1CCC[C@@H]1C[S@@](=O)c1nc2cc([N+](=O)[O-])ccc2s1. The molecular formula is C17H21N3O5S2. The minimum Gasteiger partial charge on any atom is -0.444 e. The molecule has 8 nitrogen and oxygen atoms in total. The Hall–Kier alpha value is -2.07. The van der Waals surface area contributed by atoms with Gasteiger partial charge in [-0.15, -0.1) is 11.3 Å². The molecule has 10 heteroatoms. The van der Waals surface area contributed by atoms with Gasteiger partial charge < -0.3 is 9.64 Å². The average Bonchev–Trinajstić information content (AvgIpc) is 3.18. The average molecular weight is 412 g/mol. The molecule has 1 aromatic carbocycles. The molecule has 2 heterocycles. The Kier molecular flexibility index (Phi) is 5.48. The summed E-state index contributed by atoms with van der Waals surface area (Å²) < 4.78 is 19.4. The minimum absolute atomic E-state index is 0.0444. The number of carbonyl (C=O) groups excluding carboxylic acids is 1. The van der Waals surface area contributed by atoms with Gasteiger partial charge in [0, 0.05) is 24.7 Å². The van der Waals surface area contributed by atoms with E-state index in [9.17, 15) is 19.1 Å². The van der Waals surface area contributed by atoms with Crippen LogP contribution >= 0.6 is 11.3 Å². The van der Waals surface area contributed by atoms with E-state index in [1.807, 2.05) is 20.8 Å². The molecule has 27 heavy (non-hydrogen) atoms. The van der Waals surface area contributed by atoms with Crippen LogP contribution in [0.3, 0.4) is 0 Å². The summed E-state index contributed by atoms with van der Waals surface area (Å²) in [4.78, 5) is 28.7. The highest BCUT2D eigenvalue weighted by Gasteiger charge is 2.33. The molecule has 0 bridgehead atoms. The Bertz CT molecular complexity index is 906. The summed E-state index contributed by atoms with van der Waals surface area (Å²) >= 11 is 1.26. The fourth-order valence-electron chi connectivity index (χ4n) is 2.92. The number of amides is 1. The molecular weight excluding hydrogens is 390 g/mol. The lowest BCUT2D eigenvalue weighted by Crippen LogP contribution is -2.42. The van der Waals surface area contributed by atoms with Crippen LogP contribution in [-0.4, -0.2) is 49.0 Å². The lowest BCUT2D eigenvalue weighted by atomic mass is 10.2. The van der Waals surface area contributed by atoms with E-state index < -0.39 is 21.3 Å². The summed E-state index contributed by atoms with van der Waals surface area (Å²) in [6.07, 6.45) is 1.22. The standard InChI is InChI=1S/C17H21N3O5S2/c1-17(2,3)25-16(21)19-8-4-5-12(19)10-27(24)15-18-13-9-11(20(22)23)6-7-14(13)26-15/h6-7,9,12H,4-5,8,10H2,1-3H3/t12-,27-/m1/s1. The normalized spacial score (nSPS) is 18.6. The monoisotopic (exact) mass is 411 g/mol. The first kappa shape index (κ1) is 19.7. The van der Waals surface area contributed by atoms with Crippen LogP contribution in [0.1, 0.15) is 33.6 Å². The van der Waals surface area contributed by atoms with Crippen molar-refractivity contribution in [2.75, 3.05) is 12.3 Å². The molecule has 1 aliphatic rings. The van der Waals surface area contributed by atoms with E-state index in [1.54, 1.807) is 11.0 Å². The number of nitro groups is 1. The Morgan fingerprint density at radius 1 is 1.48 bits per heavy atom. The number of non-ortho nitro benzene ring substituents is 1. The van der Waals surface area contributed by atoms with Crippen molar-refractivity contribution in [3.05, 3.63) is 28.3 Å². The van der Waals surface area contributed by atoms with E-state index in [2.05, 4.69) is 4.98 Å². The fourth-order valence-corrected chi connectivity index (χ4v) is 5.48. The third kappa shape index (κ3) is 4.62. The first-order valence-corrected chi connectivity index (χ1v) is 10.7. The first-order valence-electron chi connectivity index (χ1n) is 8.57. The first-order chi connectivity index (χ1) is 12.6. The van der Waals surface area contributed by atoms with Crippen LogP contribution in [0.2, 0.25) is 0 Å². The molecule has 0 radical (unpaired) electrons. The third-order valence-electron chi connectivity index (χ3n) is 4.11. The van der Waals surface area contributed by atoms with E-state index in [0.717, 1.165) is 17.5 Å². The molecule has 0 N–H and O–H groups in total. The lowest BCUT2D eigenvalue weighted by molar-refractivity contribution is -0.384. The number of rotatable bonds is 4. The number of likely N-dealkylation sites (tertiary alicyclic amines) is 1. The second kappa shape index (κ2) is 7.51. The Labute approximate surface area is 163 Å². The van der Waals surface area contributed by atoms with Crippen molar-refractivity contribution in [2.24, 2.45) is 0 Å². The highest BCUT2D eigenvalue weighted by atomic mass is 32.2. The third-order valence-corrected chi connectivity index (χ3v) is 6.91. The molecule has 0 saturated carbocycles. The van der Waals surface area contributed by atoms with Crippen LogP contribution in [0.5, 0.6) is 0 Å². The number of fused-ring (bicyclic) bond motifs is 1. The van der Waals surface area contributed by atoms with Crippen molar-refractivity contribution in [3.63, 3.8) is 0 Å². The zero-order valence-electron chi connectivity index (χ0n) is 15.3. The van der Waals surface area contributed by atoms with Gasteiger partial charge in [-0.05, 0) is 39.7 Å². The number of thiazole rings is 1. The number of nitrogens with zero attached hydrogens (tertiary/aromatic N) is 3. The topological polar surface area (TPSA) is 103 Å². The molecule has 1 saturated heterocycles. The summed E-state index contributed by atoms with van der Waals surface area (Å²) in [5.41, 5.74) is -0.157. The number of benzene rings is 1. The fraction of sp³-hybridized carbons (Fsp3) is 0.529. The molecule has 1 aromatic heterocycles. The van der Waals surface area contributed by atoms with Gasteiger partial charge in [0.15, 0.2) is 4.34 Å². The molecule has 3 rings (SSSR count). The minimum atomic E-state index is -1.40. The van der Waals surface area contributed by atoms with E-state index in [-0.39, 0.29) is 23.6 Å².